The van der Waals surface area contributed by atoms with Crippen molar-refractivity contribution >= 4 is 17.2 Å². The Kier molecular flexibility index (Phi) is 4.39. The fourth-order valence-electron chi connectivity index (χ4n) is 3.72. The van der Waals surface area contributed by atoms with Gasteiger partial charge < -0.3 is 9.42 Å². The summed E-state index contributed by atoms with van der Waals surface area (Å²) in [6.45, 7) is 3.49. The molecule has 0 bridgehead atoms. The molecule has 3 heterocycles. The zero-order valence-electron chi connectivity index (χ0n) is 14.1. The van der Waals surface area contributed by atoms with Gasteiger partial charge in [-0.25, -0.2) is 4.98 Å². The largest absolute Gasteiger partial charge is 0.361 e. The molecule has 0 spiro atoms. The smallest absolute Gasteiger partial charge is 0.228 e. The van der Waals surface area contributed by atoms with Gasteiger partial charge in [0.2, 0.25) is 5.91 Å². The number of rotatable bonds is 3. The van der Waals surface area contributed by atoms with E-state index in [1.54, 1.807) is 0 Å². The van der Waals surface area contributed by atoms with Gasteiger partial charge in [0, 0.05) is 30.0 Å². The molecule has 1 aliphatic carbocycles. The number of carbonyl (C=O) groups is 1. The Hall–Kier alpha value is -1.69. The van der Waals surface area contributed by atoms with Crippen molar-refractivity contribution in [2.45, 2.75) is 57.8 Å². The lowest BCUT2D eigenvalue weighted by atomic mass is 9.98. The van der Waals surface area contributed by atoms with E-state index < -0.39 is 0 Å². The van der Waals surface area contributed by atoms with E-state index in [0.717, 1.165) is 43.8 Å². The van der Waals surface area contributed by atoms with Crippen LogP contribution < -0.4 is 0 Å². The highest BCUT2D eigenvalue weighted by Gasteiger charge is 2.28. The fraction of sp³-hybridized carbons (Fsp3) is 0.611. The molecule has 2 aromatic heterocycles. The fourth-order valence-corrected chi connectivity index (χ4v) is 5.00. The highest BCUT2D eigenvalue weighted by molar-refractivity contribution is 7.11. The first-order chi connectivity index (χ1) is 11.7. The van der Waals surface area contributed by atoms with E-state index in [4.69, 9.17) is 9.51 Å². The van der Waals surface area contributed by atoms with Crippen LogP contribution in [0.15, 0.2) is 10.6 Å². The van der Waals surface area contributed by atoms with E-state index in [-0.39, 0.29) is 5.91 Å². The Morgan fingerprint density at radius 3 is 3.04 bits per heavy atom. The molecule has 1 atom stereocenters. The molecule has 0 N–H and O–H groups in total. The number of nitrogens with zero attached hydrogens (tertiary/aromatic N) is 3. The summed E-state index contributed by atoms with van der Waals surface area (Å²) in [5.41, 5.74) is 2.05. The number of piperidine rings is 1. The number of amides is 1. The maximum atomic E-state index is 12.6. The summed E-state index contributed by atoms with van der Waals surface area (Å²) < 4.78 is 5.06. The molecule has 4 rings (SSSR count). The molecule has 128 valence electrons. The van der Waals surface area contributed by atoms with Gasteiger partial charge >= 0.3 is 0 Å². The molecular formula is C18H23N3O2S. The first-order valence-electron chi connectivity index (χ1n) is 8.87. The van der Waals surface area contributed by atoms with Crippen LogP contribution in [0.3, 0.4) is 0 Å². The van der Waals surface area contributed by atoms with Crippen LogP contribution in [0.4, 0.5) is 0 Å². The molecule has 2 aliphatic rings. The molecule has 0 radical (unpaired) electrons. The summed E-state index contributed by atoms with van der Waals surface area (Å²) in [7, 11) is 0. The molecule has 1 fully saturated rings. The summed E-state index contributed by atoms with van der Waals surface area (Å²) in [5, 5.41) is 5.19. The van der Waals surface area contributed by atoms with Crippen LogP contribution in [0.5, 0.6) is 0 Å². The van der Waals surface area contributed by atoms with Gasteiger partial charge in [0.1, 0.15) is 5.76 Å². The zero-order chi connectivity index (χ0) is 16.5. The predicted molar refractivity (Wildman–Crippen MR) is 92.3 cm³/mol. The Morgan fingerprint density at radius 2 is 2.25 bits per heavy atom. The van der Waals surface area contributed by atoms with Crippen molar-refractivity contribution in [1.29, 1.82) is 0 Å². The maximum absolute atomic E-state index is 12.6. The monoisotopic (exact) mass is 345 g/mol. The van der Waals surface area contributed by atoms with E-state index in [9.17, 15) is 4.79 Å². The third-order valence-corrected chi connectivity index (χ3v) is 6.31. The van der Waals surface area contributed by atoms with Crippen molar-refractivity contribution in [3.05, 3.63) is 33.1 Å². The van der Waals surface area contributed by atoms with Gasteiger partial charge in [-0.05, 0) is 45.4 Å². The van der Waals surface area contributed by atoms with Crippen LogP contribution in [0.1, 0.15) is 58.6 Å². The minimum Gasteiger partial charge on any atom is -0.361 e. The third kappa shape index (κ3) is 3.24. The van der Waals surface area contributed by atoms with Crippen LogP contribution in [0, 0.1) is 6.92 Å². The van der Waals surface area contributed by atoms with Crippen LogP contribution in [0.25, 0.3) is 0 Å². The van der Waals surface area contributed by atoms with E-state index >= 15 is 0 Å². The van der Waals surface area contributed by atoms with Gasteiger partial charge in [0.05, 0.1) is 22.8 Å². The number of hydrogen-bond donors (Lipinski definition) is 0. The average Bonchev–Trinajstić information content (AvgIpc) is 3.21. The lowest BCUT2D eigenvalue weighted by Crippen LogP contribution is -2.40. The van der Waals surface area contributed by atoms with Crippen LogP contribution in [0.2, 0.25) is 0 Å². The molecule has 0 aromatic carbocycles. The van der Waals surface area contributed by atoms with Gasteiger partial charge in [-0.2, -0.15) is 0 Å². The van der Waals surface area contributed by atoms with E-state index in [0.29, 0.717) is 12.3 Å². The molecule has 1 saturated heterocycles. The molecule has 6 heteroatoms. The molecule has 24 heavy (non-hydrogen) atoms. The summed E-state index contributed by atoms with van der Waals surface area (Å²) in [6.07, 6.45) is 7.40. The SMILES string of the molecule is Cc1cc(CC(=O)N2CCCC(c3nc4c(s3)CCCC4)C2)no1. The third-order valence-electron chi connectivity index (χ3n) is 4.99. The van der Waals surface area contributed by atoms with Crippen LogP contribution in [-0.2, 0) is 24.1 Å². The van der Waals surface area contributed by atoms with Gasteiger partial charge in [-0.3, -0.25) is 4.79 Å². The normalized spacial score (nSPS) is 20.9. The predicted octanol–water partition coefficient (Wildman–Crippen LogP) is 3.27. The molecule has 2 aromatic rings. The average molecular weight is 345 g/mol. The summed E-state index contributed by atoms with van der Waals surface area (Å²) in [5.74, 6) is 1.30. The second-order valence-corrected chi connectivity index (χ2v) is 8.03. The first-order valence-corrected chi connectivity index (χ1v) is 9.69. The second-order valence-electron chi connectivity index (χ2n) is 6.91. The quantitative estimate of drug-likeness (QED) is 0.857. The number of carbonyl (C=O) groups excluding carboxylic acids is 1. The number of fused-ring (bicyclic) bond motifs is 1. The van der Waals surface area contributed by atoms with E-state index in [1.165, 1.54) is 34.8 Å². The Labute approximate surface area is 146 Å². The zero-order valence-corrected chi connectivity index (χ0v) is 14.9. The minimum absolute atomic E-state index is 0.148. The lowest BCUT2D eigenvalue weighted by molar-refractivity contribution is -0.131. The van der Waals surface area contributed by atoms with Crippen molar-refractivity contribution in [3.63, 3.8) is 0 Å². The number of thiazole rings is 1. The van der Waals surface area contributed by atoms with Crippen molar-refractivity contribution in [3.8, 4) is 0 Å². The molecular weight excluding hydrogens is 322 g/mol. The van der Waals surface area contributed by atoms with Gasteiger partial charge in [0.25, 0.3) is 0 Å². The minimum atomic E-state index is 0.148. The van der Waals surface area contributed by atoms with Crippen molar-refractivity contribution in [2.75, 3.05) is 13.1 Å². The van der Waals surface area contributed by atoms with Gasteiger partial charge in [-0.15, -0.1) is 11.3 Å². The van der Waals surface area contributed by atoms with Crippen LogP contribution >= 0.6 is 11.3 Å². The number of aryl methyl sites for hydroxylation is 3. The Bertz CT molecular complexity index is 713. The molecule has 1 amide bonds. The summed E-state index contributed by atoms with van der Waals surface area (Å²) in [6, 6.07) is 1.84. The topological polar surface area (TPSA) is 59.2 Å². The van der Waals surface area contributed by atoms with Crippen LogP contribution in [-0.4, -0.2) is 34.0 Å². The summed E-state index contributed by atoms with van der Waals surface area (Å²) in [4.78, 5) is 21.0. The number of hydrogen-bond acceptors (Lipinski definition) is 5. The molecule has 1 unspecified atom stereocenters. The van der Waals surface area contributed by atoms with Crippen molar-refractivity contribution < 1.29 is 9.32 Å². The first kappa shape index (κ1) is 15.8. The highest BCUT2D eigenvalue weighted by atomic mass is 32.1. The number of aromatic nitrogens is 2. The maximum Gasteiger partial charge on any atom is 0.228 e. The molecule has 5 nitrogen and oxygen atoms in total. The summed E-state index contributed by atoms with van der Waals surface area (Å²) >= 11 is 1.89. The Morgan fingerprint density at radius 1 is 1.38 bits per heavy atom. The number of likely N-dealkylation sites (tertiary alicyclic amines) is 1. The van der Waals surface area contributed by atoms with Gasteiger partial charge in [0.15, 0.2) is 0 Å². The van der Waals surface area contributed by atoms with Gasteiger partial charge in [-0.1, -0.05) is 5.16 Å². The lowest BCUT2D eigenvalue weighted by Gasteiger charge is -2.31. The molecule has 1 aliphatic heterocycles. The molecule has 0 saturated carbocycles. The second kappa shape index (κ2) is 6.67. The van der Waals surface area contributed by atoms with Crippen molar-refractivity contribution in [2.24, 2.45) is 0 Å². The standard InChI is InChI=1S/C18H23N3O2S/c1-12-9-14(20-23-12)10-17(22)21-8-4-5-13(11-21)18-19-15-6-2-3-7-16(15)24-18/h9,13H,2-8,10-11H2,1H3. The van der Waals surface area contributed by atoms with E-state index in [1.807, 2.05) is 29.2 Å². The Balaban J connectivity index is 1.43. The van der Waals surface area contributed by atoms with Crippen molar-refractivity contribution in [1.82, 2.24) is 15.0 Å². The highest BCUT2D eigenvalue weighted by Crippen LogP contribution is 2.34. The van der Waals surface area contributed by atoms with E-state index in [2.05, 4.69) is 5.16 Å².